The third-order valence-corrected chi connectivity index (χ3v) is 7.76. The van der Waals surface area contributed by atoms with E-state index in [1.54, 1.807) is 17.0 Å². The highest BCUT2D eigenvalue weighted by Crippen LogP contribution is 2.21. The summed E-state index contributed by atoms with van der Waals surface area (Å²) >= 11 is 0. The van der Waals surface area contributed by atoms with Crippen molar-refractivity contribution in [3.8, 4) is 0 Å². The van der Waals surface area contributed by atoms with E-state index in [0.29, 0.717) is 32.2 Å². The maximum Gasteiger partial charge on any atom is 0.282 e. The summed E-state index contributed by atoms with van der Waals surface area (Å²) in [6, 6.07) is 25.5. The fourth-order valence-corrected chi connectivity index (χ4v) is 5.47. The molecule has 0 aliphatic carbocycles. The highest BCUT2D eigenvalue weighted by Gasteiger charge is 2.36. The molecule has 0 bridgehead atoms. The van der Waals surface area contributed by atoms with E-state index in [1.165, 1.54) is 16.9 Å². The first-order chi connectivity index (χ1) is 20.8. The Morgan fingerprint density at radius 2 is 1.65 bits per heavy atom. The average molecular weight is 583 g/mol. The first-order valence-corrected chi connectivity index (χ1v) is 14.6. The number of amides is 2. The summed E-state index contributed by atoms with van der Waals surface area (Å²) in [5.74, 6) is -1.13. The minimum absolute atomic E-state index is 0.105. The van der Waals surface area contributed by atoms with E-state index in [9.17, 15) is 18.8 Å². The van der Waals surface area contributed by atoms with Crippen molar-refractivity contribution in [1.29, 1.82) is 0 Å². The zero-order chi connectivity index (χ0) is 30.2. The Hall–Kier alpha value is -4.63. The maximum atomic E-state index is 13.3. The van der Waals surface area contributed by atoms with Crippen LogP contribution in [0.15, 0.2) is 91.1 Å². The van der Waals surface area contributed by atoms with Crippen LogP contribution in [0.3, 0.4) is 0 Å². The monoisotopic (exact) mass is 582 g/mol. The maximum absolute atomic E-state index is 13.3. The van der Waals surface area contributed by atoms with Crippen LogP contribution in [0.2, 0.25) is 0 Å². The molecule has 43 heavy (non-hydrogen) atoms. The molecule has 4 aromatic rings. The normalized spacial score (nSPS) is 15.4. The van der Waals surface area contributed by atoms with Crippen LogP contribution in [-0.2, 0) is 40.2 Å². The van der Waals surface area contributed by atoms with Crippen molar-refractivity contribution < 1.29 is 23.6 Å². The lowest BCUT2D eigenvalue weighted by Crippen LogP contribution is -2.52. The minimum atomic E-state index is -0.519. The fraction of sp³-hybridized carbons (Fsp3) is 0.294. The number of rotatable bonds is 13. The minimum Gasteiger partial charge on any atom is -0.338 e. The van der Waals surface area contributed by atoms with Gasteiger partial charge in [-0.3, -0.25) is 14.4 Å². The summed E-state index contributed by atoms with van der Waals surface area (Å²) in [5, 5.41) is 3.25. The fourth-order valence-electron chi connectivity index (χ4n) is 5.47. The second-order valence-corrected chi connectivity index (χ2v) is 11.2. The van der Waals surface area contributed by atoms with Crippen molar-refractivity contribution in [2.75, 3.05) is 12.0 Å². The van der Waals surface area contributed by atoms with Crippen molar-refractivity contribution in [1.82, 2.24) is 10.00 Å². The summed E-state index contributed by atoms with van der Waals surface area (Å²) in [5.41, 5.74) is 14.2. The van der Waals surface area contributed by atoms with Crippen molar-refractivity contribution in [3.05, 3.63) is 125 Å². The van der Waals surface area contributed by atoms with Gasteiger partial charge in [-0.1, -0.05) is 72.8 Å². The van der Waals surface area contributed by atoms with E-state index in [1.807, 2.05) is 66.9 Å². The molecular formula is C34H37FN5O3+. The number of hydrogen-bond acceptors (Lipinski definition) is 4. The number of nitrogens with one attached hydrogen (secondary N) is 2. The number of ketones is 1. The van der Waals surface area contributed by atoms with Crippen LogP contribution in [0.1, 0.15) is 47.2 Å². The topological polar surface area (TPSA) is 112 Å². The molecule has 222 valence electrons. The molecule has 8 nitrogen and oxygen atoms in total. The largest absolute Gasteiger partial charge is 0.338 e. The molecule has 4 N–H and O–H groups in total. The first kappa shape index (κ1) is 29.8. The Labute approximate surface area is 250 Å². The third-order valence-electron chi connectivity index (χ3n) is 7.76. The zero-order valence-corrected chi connectivity index (χ0v) is 24.0. The predicted molar refractivity (Wildman–Crippen MR) is 161 cm³/mol. The second kappa shape index (κ2) is 14.0. The Bertz CT molecular complexity index is 1540. The van der Waals surface area contributed by atoms with E-state index < -0.39 is 5.92 Å². The quantitative estimate of drug-likeness (QED) is 0.209. The number of aromatic amines is 1. The molecule has 2 amide bonds. The number of nitrogens with zero attached hydrogens (tertiary/aromatic N) is 2. The predicted octanol–water partition coefficient (Wildman–Crippen LogP) is 3.61. The average Bonchev–Trinajstić information content (AvgIpc) is 3.55. The SMILES string of the molecule is N[C@H](CC(=O)CCc1ccccc1)Cc1[nH][n+](NC(=O)[C@@H]2CC(=O)N(Cc3ccc(F)cc3)C2)cc1Cc1ccccc1. The van der Waals surface area contributed by atoms with E-state index in [4.69, 9.17) is 5.73 Å². The van der Waals surface area contributed by atoms with Crippen LogP contribution < -0.4 is 16.0 Å². The molecule has 0 spiro atoms. The Balaban J connectivity index is 1.22. The number of aryl methyl sites for hydroxylation is 1. The summed E-state index contributed by atoms with van der Waals surface area (Å²) in [4.78, 5) is 41.6. The van der Waals surface area contributed by atoms with Gasteiger partial charge in [-0.15, -0.1) is 10.5 Å². The summed E-state index contributed by atoms with van der Waals surface area (Å²) in [7, 11) is 0. The first-order valence-electron chi connectivity index (χ1n) is 14.6. The van der Waals surface area contributed by atoms with Gasteiger partial charge in [0.25, 0.3) is 5.91 Å². The van der Waals surface area contributed by atoms with Gasteiger partial charge in [0.2, 0.25) is 12.1 Å². The van der Waals surface area contributed by atoms with Gasteiger partial charge in [0.15, 0.2) is 0 Å². The molecule has 0 saturated carbocycles. The second-order valence-electron chi connectivity index (χ2n) is 11.2. The molecule has 1 aliphatic heterocycles. The molecule has 2 atom stereocenters. The smallest absolute Gasteiger partial charge is 0.282 e. The van der Waals surface area contributed by atoms with Gasteiger partial charge in [0.1, 0.15) is 11.6 Å². The molecule has 2 heterocycles. The lowest BCUT2D eigenvalue weighted by atomic mass is 9.98. The van der Waals surface area contributed by atoms with Gasteiger partial charge < -0.3 is 10.6 Å². The molecule has 0 unspecified atom stereocenters. The van der Waals surface area contributed by atoms with Gasteiger partial charge in [-0.25, -0.2) is 4.39 Å². The number of benzene rings is 3. The number of carbonyl (C=O) groups is 3. The Morgan fingerprint density at radius 1 is 0.977 bits per heavy atom. The molecule has 3 aromatic carbocycles. The lowest BCUT2D eigenvalue weighted by Gasteiger charge is -2.16. The van der Waals surface area contributed by atoms with E-state index in [2.05, 4.69) is 10.5 Å². The van der Waals surface area contributed by atoms with E-state index in [0.717, 1.165) is 27.9 Å². The lowest BCUT2D eigenvalue weighted by molar-refractivity contribution is -0.699. The number of H-pyrrole nitrogens is 1. The van der Waals surface area contributed by atoms with Crippen LogP contribution in [0.5, 0.6) is 0 Å². The van der Waals surface area contributed by atoms with Gasteiger partial charge in [-0.2, -0.15) is 0 Å². The van der Waals surface area contributed by atoms with Crippen LogP contribution in [-0.4, -0.2) is 40.2 Å². The van der Waals surface area contributed by atoms with Gasteiger partial charge in [0, 0.05) is 56.0 Å². The van der Waals surface area contributed by atoms with Gasteiger partial charge in [-0.05, 0) is 35.2 Å². The number of aromatic nitrogens is 2. The Kier molecular flexibility index (Phi) is 9.73. The molecule has 5 rings (SSSR count). The highest BCUT2D eigenvalue weighted by molar-refractivity contribution is 5.92. The van der Waals surface area contributed by atoms with Crippen LogP contribution in [0.4, 0.5) is 4.39 Å². The molecular weight excluding hydrogens is 545 g/mol. The molecule has 1 aromatic heterocycles. The number of halogens is 1. The van der Waals surface area contributed by atoms with Crippen LogP contribution in [0.25, 0.3) is 0 Å². The van der Waals surface area contributed by atoms with Crippen LogP contribution in [0, 0.1) is 11.7 Å². The molecule has 1 aliphatic rings. The summed E-state index contributed by atoms with van der Waals surface area (Å²) in [6.45, 7) is 0.606. The van der Waals surface area contributed by atoms with Crippen molar-refractivity contribution in [2.24, 2.45) is 11.7 Å². The summed E-state index contributed by atoms with van der Waals surface area (Å²) < 4.78 is 13.3. The molecule has 1 fully saturated rings. The standard InChI is InChI=1S/C34H36FN5O3/c35-29-14-11-26(12-15-29)21-39-22-28(18-33(39)42)34(43)38-40-23-27(17-25-9-5-2-6-10-25)32(37-40)20-30(36)19-31(41)16-13-24-7-3-1-4-8-24/h1-12,14-15,23,28,30H,13,16-22,36H2,(H,38,43)/p+1/t28-,30-/m1/s1. The number of Topliss-reactive ketones (excluding diaryl/α,β-unsaturated/α-hetero) is 1. The zero-order valence-electron chi connectivity index (χ0n) is 24.0. The van der Waals surface area contributed by atoms with Gasteiger partial charge >= 0.3 is 0 Å². The van der Waals surface area contributed by atoms with Crippen molar-refractivity contribution in [2.45, 2.75) is 51.1 Å². The Morgan fingerprint density at radius 3 is 2.35 bits per heavy atom. The third kappa shape index (κ3) is 8.45. The molecule has 9 heteroatoms. The van der Waals surface area contributed by atoms with Crippen LogP contribution >= 0.6 is 0 Å². The number of nitrogens with two attached hydrogens (primary N) is 1. The van der Waals surface area contributed by atoms with E-state index >= 15 is 0 Å². The highest BCUT2D eigenvalue weighted by atomic mass is 19.1. The molecule has 1 saturated heterocycles. The van der Waals surface area contributed by atoms with Gasteiger partial charge in [0.05, 0.1) is 17.2 Å². The number of carbonyl (C=O) groups excluding carboxylic acids is 3. The number of hydrogen-bond donors (Lipinski definition) is 3. The van der Waals surface area contributed by atoms with E-state index in [-0.39, 0.29) is 48.8 Å². The summed E-state index contributed by atoms with van der Waals surface area (Å²) in [6.07, 6.45) is 4.38. The molecule has 0 radical (unpaired) electrons. The number of likely N-dealkylation sites (tertiary alicyclic amines) is 1. The van der Waals surface area contributed by atoms with Crippen molar-refractivity contribution in [3.63, 3.8) is 0 Å². The van der Waals surface area contributed by atoms with Crippen molar-refractivity contribution >= 4 is 17.6 Å².